The van der Waals surface area contributed by atoms with Crippen molar-refractivity contribution in [3.63, 3.8) is 0 Å². The van der Waals surface area contributed by atoms with Gasteiger partial charge in [-0.15, -0.1) is 24.8 Å². The lowest BCUT2D eigenvalue weighted by Gasteiger charge is -2.16. The first-order chi connectivity index (χ1) is 8.85. The molecule has 0 aliphatic heterocycles. The first kappa shape index (κ1) is 22.1. The number of halogens is 4. The molecule has 0 unspecified atom stereocenters. The summed E-state index contributed by atoms with van der Waals surface area (Å²) in [5, 5.41) is 5.14. The zero-order chi connectivity index (χ0) is 14.5. The summed E-state index contributed by atoms with van der Waals surface area (Å²) in [4.78, 5) is 15.9. The van der Waals surface area contributed by atoms with Gasteiger partial charge >= 0.3 is 0 Å². The number of nitrogens with one attached hydrogen (secondary N) is 2. The minimum Gasteiger partial charge on any atom is -0.367 e. The number of amides is 1. The highest BCUT2D eigenvalue weighted by atomic mass is 35.5. The number of anilines is 1. The van der Waals surface area contributed by atoms with Crippen molar-refractivity contribution in [3.05, 3.63) is 23.9 Å². The fourth-order valence-corrected chi connectivity index (χ4v) is 1.35. The Balaban J connectivity index is 0. The third kappa shape index (κ3) is 7.40. The summed E-state index contributed by atoms with van der Waals surface area (Å²) in [6, 6.07) is 3.17. The van der Waals surface area contributed by atoms with Crippen LogP contribution in [0.1, 0.15) is 24.2 Å². The average Bonchev–Trinajstić information content (AvgIpc) is 2.36. The second-order valence-corrected chi connectivity index (χ2v) is 4.44. The topological polar surface area (TPSA) is 80.0 Å². The molecular formula is C12H20Cl2F2N4O. The van der Waals surface area contributed by atoms with Crippen molar-refractivity contribution in [2.24, 2.45) is 5.73 Å². The van der Waals surface area contributed by atoms with Crippen LogP contribution in [0.3, 0.4) is 0 Å². The van der Waals surface area contributed by atoms with Gasteiger partial charge in [0.1, 0.15) is 5.82 Å². The third-order valence-corrected chi connectivity index (χ3v) is 2.28. The van der Waals surface area contributed by atoms with E-state index in [1.807, 2.05) is 13.8 Å². The van der Waals surface area contributed by atoms with Gasteiger partial charge in [-0.3, -0.25) is 4.79 Å². The molecule has 1 rings (SSSR count). The monoisotopic (exact) mass is 344 g/mol. The maximum atomic E-state index is 13.0. The second-order valence-electron chi connectivity index (χ2n) is 4.44. The van der Waals surface area contributed by atoms with Crippen LogP contribution in [0, 0.1) is 0 Å². The number of rotatable bonds is 6. The van der Waals surface area contributed by atoms with E-state index in [1.54, 1.807) is 6.07 Å². The molecule has 0 spiro atoms. The molecule has 1 heterocycles. The van der Waals surface area contributed by atoms with Crippen LogP contribution in [0.5, 0.6) is 0 Å². The number of nitrogens with zero attached hydrogens (tertiary/aromatic N) is 1. The molecule has 4 N–H and O–H groups in total. The highest BCUT2D eigenvalue weighted by Crippen LogP contribution is 2.14. The largest absolute Gasteiger partial charge is 0.367 e. The van der Waals surface area contributed by atoms with Crippen molar-refractivity contribution >= 4 is 36.5 Å². The van der Waals surface area contributed by atoms with Crippen LogP contribution in [0.4, 0.5) is 14.6 Å². The Hall–Kier alpha value is -1.18. The lowest BCUT2D eigenvalue weighted by molar-refractivity contribution is 0.0118. The van der Waals surface area contributed by atoms with Crippen LogP contribution in [0.25, 0.3) is 0 Å². The summed E-state index contributed by atoms with van der Waals surface area (Å²) >= 11 is 0. The Morgan fingerprint density at radius 2 is 2.05 bits per heavy atom. The molecule has 5 nitrogen and oxygen atoms in total. The molecule has 0 aliphatic rings. The van der Waals surface area contributed by atoms with Crippen LogP contribution in [-0.4, -0.2) is 35.9 Å². The van der Waals surface area contributed by atoms with E-state index >= 15 is 0 Å². The molecule has 0 fully saturated rings. The Bertz CT molecular complexity index is 447. The Morgan fingerprint density at radius 3 is 2.57 bits per heavy atom. The molecule has 122 valence electrons. The predicted molar refractivity (Wildman–Crippen MR) is 83.8 cm³/mol. The fourth-order valence-electron chi connectivity index (χ4n) is 1.35. The summed E-state index contributed by atoms with van der Waals surface area (Å²) in [6.07, 6.45) is 1.52. The van der Waals surface area contributed by atoms with Gasteiger partial charge in [-0.25, -0.2) is 13.8 Å². The van der Waals surface area contributed by atoms with E-state index in [1.165, 1.54) is 12.3 Å². The molecule has 0 saturated carbocycles. The van der Waals surface area contributed by atoms with Crippen LogP contribution in [0.2, 0.25) is 0 Å². The summed E-state index contributed by atoms with van der Waals surface area (Å²) in [7, 11) is 0. The van der Waals surface area contributed by atoms with Crippen molar-refractivity contribution in [2.75, 3.05) is 18.4 Å². The standard InChI is InChI=1S/C12H18F2N4O.2ClH/c1-8(2)18-10-9(4-3-5-16-10)11(19)17-7-12(13,14)6-15;;/h3-5,8H,6-7,15H2,1-2H3,(H,16,18)(H,17,19);2*1H. The maximum absolute atomic E-state index is 13.0. The summed E-state index contributed by atoms with van der Waals surface area (Å²) in [5.74, 6) is -3.35. The van der Waals surface area contributed by atoms with E-state index in [4.69, 9.17) is 5.73 Å². The van der Waals surface area contributed by atoms with Crippen LogP contribution in [0.15, 0.2) is 18.3 Å². The molecule has 0 saturated heterocycles. The number of hydrogen-bond acceptors (Lipinski definition) is 4. The summed E-state index contributed by atoms with van der Waals surface area (Å²) in [5.41, 5.74) is 5.13. The molecule has 0 aromatic carbocycles. The van der Waals surface area contributed by atoms with E-state index in [9.17, 15) is 13.6 Å². The fraction of sp³-hybridized carbons (Fsp3) is 0.500. The quantitative estimate of drug-likeness (QED) is 0.737. The number of hydrogen-bond donors (Lipinski definition) is 3. The van der Waals surface area contributed by atoms with Gasteiger partial charge in [-0.2, -0.15) is 0 Å². The minimum atomic E-state index is -3.11. The molecule has 1 amide bonds. The smallest absolute Gasteiger partial charge is 0.277 e. The minimum absolute atomic E-state index is 0. The van der Waals surface area contributed by atoms with E-state index in [-0.39, 0.29) is 36.4 Å². The highest BCUT2D eigenvalue weighted by Gasteiger charge is 2.27. The molecule has 0 atom stereocenters. The van der Waals surface area contributed by atoms with Crippen LogP contribution >= 0.6 is 24.8 Å². The zero-order valence-electron chi connectivity index (χ0n) is 11.7. The number of carbonyl (C=O) groups is 1. The van der Waals surface area contributed by atoms with Crippen LogP contribution in [-0.2, 0) is 0 Å². The molecule has 1 aromatic rings. The van der Waals surface area contributed by atoms with Crippen molar-refractivity contribution < 1.29 is 13.6 Å². The molecule has 0 aliphatic carbocycles. The van der Waals surface area contributed by atoms with Crippen LogP contribution < -0.4 is 16.4 Å². The molecule has 9 heteroatoms. The summed E-state index contributed by atoms with van der Waals surface area (Å²) in [6.45, 7) is 2.17. The van der Waals surface area contributed by atoms with Gasteiger partial charge in [0.15, 0.2) is 0 Å². The van der Waals surface area contributed by atoms with Gasteiger partial charge in [0.2, 0.25) is 0 Å². The van der Waals surface area contributed by atoms with E-state index in [2.05, 4.69) is 15.6 Å². The number of nitrogens with two attached hydrogens (primary N) is 1. The Labute approximate surface area is 134 Å². The molecule has 1 aromatic heterocycles. The van der Waals surface area contributed by atoms with Crippen molar-refractivity contribution in [2.45, 2.75) is 25.8 Å². The lowest BCUT2D eigenvalue weighted by atomic mass is 10.2. The normalized spacial score (nSPS) is 10.4. The summed E-state index contributed by atoms with van der Waals surface area (Å²) < 4.78 is 25.9. The van der Waals surface area contributed by atoms with E-state index in [0.717, 1.165) is 0 Å². The van der Waals surface area contributed by atoms with Gasteiger partial charge in [0, 0.05) is 12.2 Å². The number of pyridine rings is 1. The number of alkyl halides is 2. The number of aromatic nitrogens is 1. The number of carbonyl (C=O) groups excluding carboxylic acids is 1. The lowest BCUT2D eigenvalue weighted by Crippen LogP contribution is -2.41. The van der Waals surface area contributed by atoms with Gasteiger partial charge < -0.3 is 16.4 Å². The van der Waals surface area contributed by atoms with Gasteiger partial charge in [0.25, 0.3) is 11.8 Å². The Morgan fingerprint density at radius 1 is 1.43 bits per heavy atom. The molecule has 0 radical (unpaired) electrons. The Kier molecular flexibility index (Phi) is 10.2. The van der Waals surface area contributed by atoms with E-state index < -0.39 is 24.9 Å². The van der Waals surface area contributed by atoms with Crippen molar-refractivity contribution in [1.29, 1.82) is 0 Å². The van der Waals surface area contributed by atoms with Gasteiger partial charge in [0.05, 0.1) is 18.7 Å². The zero-order valence-corrected chi connectivity index (χ0v) is 13.4. The maximum Gasteiger partial charge on any atom is 0.277 e. The third-order valence-electron chi connectivity index (χ3n) is 2.28. The first-order valence-corrected chi connectivity index (χ1v) is 5.93. The first-order valence-electron chi connectivity index (χ1n) is 5.93. The van der Waals surface area contributed by atoms with Crippen molar-refractivity contribution in [1.82, 2.24) is 10.3 Å². The predicted octanol–water partition coefficient (Wildman–Crippen LogP) is 2.07. The molecular weight excluding hydrogens is 325 g/mol. The molecule has 0 bridgehead atoms. The van der Waals surface area contributed by atoms with Crippen molar-refractivity contribution in [3.8, 4) is 0 Å². The highest BCUT2D eigenvalue weighted by molar-refractivity contribution is 5.98. The molecule has 21 heavy (non-hydrogen) atoms. The van der Waals surface area contributed by atoms with E-state index in [0.29, 0.717) is 5.82 Å². The van der Waals surface area contributed by atoms with Gasteiger partial charge in [-0.05, 0) is 26.0 Å². The van der Waals surface area contributed by atoms with Gasteiger partial charge in [-0.1, -0.05) is 0 Å². The second kappa shape index (κ2) is 9.70. The SMILES string of the molecule is CC(C)Nc1ncccc1C(=O)NCC(F)(F)CN.Cl.Cl. The average molecular weight is 345 g/mol.